The smallest absolute Gasteiger partial charge is 0.291 e. The molecule has 0 bridgehead atoms. The molecule has 144 valence electrons. The number of hydrogen-bond donors (Lipinski definition) is 0. The molecule has 1 aliphatic heterocycles. The number of halogens is 3. The summed E-state index contributed by atoms with van der Waals surface area (Å²) in [6.45, 7) is -0.429. The second kappa shape index (κ2) is 6.17. The molecule has 5 nitrogen and oxygen atoms in total. The summed E-state index contributed by atoms with van der Waals surface area (Å²) in [6, 6.07) is 5.95. The van der Waals surface area contributed by atoms with Crippen molar-refractivity contribution in [2.24, 2.45) is 0 Å². The van der Waals surface area contributed by atoms with Crippen molar-refractivity contribution in [3.8, 4) is 6.07 Å². The van der Waals surface area contributed by atoms with E-state index < -0.39 is 24.7 Å². The van der Waals surface area contributed by atoms with Gasteiger partial charge in [0.15, 0.2) is 0 Å². The number of aromatic nitrogens is 3. The van der Waals surface area contributed by atoms with Crippen LogP contribution < -0.4 is 0 Å². The first-order valence-corrected chi connectivity index (χ1v) is 9.28. The molecule has 1 saturated heterocycles. The van der Waals surface area contributed by atoms with Crippen molar-refractivity contribution >= 4 is 21.9 Å². The zero-order valence-electron chi connectivity index (χ0n) is 14.9. The number of hydrogen-bond acceptors (Lipinski definition) is 4. The Morgan fingerprint density at radius 1 is 1.25 bits per heavy atom. The first-order chi connectivity index (χ1) is 13.5. The average molecular weight is 386 g/mol. The highest BCUT2D eigenvalue weighted by Gasteiger charge is 2.47. The van der Waals surface area contributed by atoms with Gasteiger partial charge in [0, 0.05) is 17.9 Å². The van der Waals surface area contributed by atoms with E-state index in [9.17, 15) is 18.4 Å². The van der Waals surface area contributed by atoms with Crippen LogP contribution in [-0.2, 0) is 4.74 Å². The van der Waals surface area contributed by atoms with Crippen molar-refractivity contribution < 1.29 is 17.9 Å². The van der Waals surface area contributed by atoms with Crippen LogP contribution in [0, 0.1) is 11.3 Å². The molecule has 5 rings (SSSR count). The molecule has 0 radical (unpaired) electrons. The van der Waals surface area contributed by atoms with Crippen molar-refractivity contribution in [2.75, 3.05) is 13.2 Å². The number of fused-ring (bicyclic) bond motifs is 3. The summed E-state index contributed by atoms with van der Waals surface area (Å²) in [6.07, 6.45) is 1.35. The lowest BCUT2D eigenvalue weighted by molar-refractivity contribution is -0.147. The lowest BCUT2D eigenvalue weighted by atomic mass is 9.82. The van der Waals surface area contributed by atoms with E-state index in [2.05, 4.69) is 16.0 Å². The summed E-state index contributed by atoms with van der Waals surface area (Å²) >= 11 is 0. The van der Waals surface area contributed by atoms with Gasteiger partial charge in [0.1, 0.15) is 30.2 Å². The molecule has 0 spiro atoms. The molecule has 1 aliphatic carbocycles. The number of alkyl halides is 3. The summed E-state index contributed by atoms with van der Waals surface area (Å²) in [5.41, 5.74) is 2.04. The third-order valence-electron chi connectivity index (χ3n) is 5.75. The van der Waals surface area contributed by atoms with Crippen LogP contribution in [0.4, 0.5) is 13.2 Å². The maximum absolute atomic E-state index is 14.8. The van der Waals surface area contributed by atoms with Gasteiger partial charge in [0.25, 0.3) is 5.92 Å². The Balaban J connectivity index is 1.82. The van der Waals surface area contributed by atoms with Crippen LogP contribution >= 0.6 is 0 Å². The molecule has 1 saturated carbocycles. The Morgan fingerprint density at radius 2 is 2.07 bits per heavy atom. The molecule has 0 amide bonds. The molecular formula is C20H17F3N4O. The van der Waals surface area contributed by atoms with Gasteiger partial charge >= 0.3 is 0 Å². The van der Waals surface area contributed by atoms with Crippen molar-refractivity contribution in [3.05, 3.63) is 35.8 Å². The standard InChI is InChI=1S/C20H17F3N4O/c21-13-6-12(7-13)19-26-16-9-25-15-2-1-11(8-24)5-14(15)18(16)27(19)17-3-4-28-10-20(17,22)23/h1-2,5,9,12-13,17H,3-4,6-7,10H2/t12-,13+,17?. The van der Waals surface area contributed by atoms with E-state index in [4.69, 9.17) is 4.74 Å². The van der Waals surface area contributed by atoms with Gasteiger partial charge in [-0.1, -0.05) is 0 Å². The second-order valence-corrected chi connectivity index (χ2v) is 7.56. The average Bonchev–Trinajstić information content (AvgIpc) is 3.03. The summed E-state index contributed by atoms with van der Waals surface area (Å²) < 4.78 is 49.8. The molecule has 1 aromatic carbocycles. The predicted molar refractivity (Wildman–Crippen MR) is 96.0 cm³/mol. The van der Waals surface area contributed by atoms with E-state index in [0.717, 1.165) is 0 Å². The number of ether oxygens (including phenoxy) is 1. The van der Waals surface area contributed by atoms with Gasteiger partial charge in [-0.2, -0.15) is 5.26 Å². The zero-order valence-corrected chi connectivity index (χ0v) is 14.9. The number of pyridine rings is 1. The van der Waals surface area contributed by atoms with Crippen LogP contribution in [0.25, 0.3) is 21.9 Å². The molecule has 8 heteroatoms. The molecule has 2 aromatic heterocycles. The van der Waals surface area contributed by atoms with Crippen LogP contribution in [0.1, 0.15) is 42.6 Å². The van der Waals surface area contributed by atoms with Crippen molar-refractivity contribution in [1.29, 1.82) is 5.26 Å². The molecular weight excluding hydrogens is 369 g/mol. The highest BCUT2D eigenvalue weighted by Crippen LogP contribution is 2.45. The van der Waals surface area contributed by atoms with Gasteiger partial charge in [-0.3, -0.25) is 4.98 Å². The molecule has 2 fully saturated rings. The fourth-order valence-corrected chi connectivity index (χ4v) is 4.26. The number of nitriles is 1. The van der Waals surface area contributed by atoms with Gasteiger partial charge in [-0.25, -0.2) is 18.2 Å². The van der Waals surface area contributed by atoms with Crippen LogP contribution in [0.3, 0.4) is 0 Å². The highest BCUT2D eigenvalue weighted by molar-refractivity contribution is 6.03. The van der Waals surface area contributed by atoms with Gasteiger partial charge in [-0.05, 0) is 37.5 Å². The fourth-order valence-electron chi connectivity index (χ4n) is 4.26. The molecule has 1 unspecified atom stereocenters. The zero-order chi connectivity index (χ0) is 19.5. The minimum atomic E-state index is -3.07. The summed E-state index contributed by atoms with van der Waals surface area (Å²) in [5, 5.41) is 9.87. The van der Waals surface area contributed by atoms with E-state index >= 15 is 0 Å². The third-order valence-corrected chi connectivity index (χ3v) is 5.75. The lowest BCUT2D eigenvalue weighted by Gasteiger charge is -2.36. The summed E-state index contributed by atoms with van der Waals surface area (Å²) in [4.78, 5) is 8.96. The summed E-state index contributed by atoms with van der Waals surface area (Å²) in [5.74, 6) is -2.79. The number of imidazole rings is 1. The summed E-state index contributed by atoms with van der Waals surface area (Å²) in [7, 11) is 0. The van der Waals surface area contributed by atoms with E-state index in [1.165, 1.54) is 0 Å². The second-order valence-electron chi connectivity index (χ2n) is 7.56. The maximum Gasteiger partial charge on any atom is 0.291 e. The van der Waals surface area contributed by atoms with E-state index in [1.807, 2.05) is 0 Å². The van der Waals surface area contributed by atoms with Gasteiger partial charge in [0.2, 0.25) is 0 Å². The Hall–Kier alpha value is -2.66. The van der Waals surface area contributed by atoms with Crippen molar-refractivity contribution in [2.45, 2.75) is 43.3 Å². The van der Waals surface area contributed by atoms with E-state index in [0.29, 0.717) is 33.3 Å². The fraction of sp³-hybridized carbons (Fsp3) is 0.450. The molecule has 2 aliphatic rings. The predicted octanol–water partition coefficient (Wildman–Crippen LogP) is 4.27. The number of nitrogens with zero attached hydrogens (tertiary/aromatic N) is 4. The van der Waals surface area contributed by atoms with Gasteiger partial charge in [0.05, 0.1) is 28.9 Å². The van der Waals surface area contributed by atoms with Gasteiger partial charge < -0.3 is 9.30 Å². The Labute approximate surface area is 158 Å². The van der Waals surface area contributed by atoms with Crippen molar-refractivity contribution in [1.82, 2.24) is 14.5 Å². The first kappa shape index (κ1) is 17.4. The highest BCUT2D eigenvalue weighted by atomic mass is 19.3. The minimum absolute atomic E-state index is 0.138. The Bertz CT molecular complexity index is 1110. The van der Waals surface area contributed by atoms with Crippen LogP contribution in [-0.4, -0.2) is 39.8 Å². The molecule has 28 heavy (non-hydrogen) atoms. The number of benzene rings is 1. The van der Waals surface area contributed by atoms with Crippen LogP contribution in [0.2, 0.25) is 0 Å². The molecule has 3 heterocycles. The molecule has 1 atom stereocenters. The normalized spacial score (nSPS) is 26.9. The van der Waals surface area contributed by atoms with E-state index in [-0.39, 0.29) is 31.8 Å². The monoisotopic (exact) mass is 386 g/mol. The van der Waals surface area contributed by atoms with Crippen LogP contribution in [0.5, 0.6) is 0 Å². The minimum Gasteiger partial charge on any atom is -0.375 e. The molecule has 3 aromatic rings. The lowest BCUT2D eigenvalue weighted by Crippen LogP contribution is -2.41. The third kappa shape index (κ3) is 2.57. The quantitative estimate of drug-likeness (QED) is 0.660. The van der Waals surface area contributed by atoms with Crippen molar-refractivity contribution in [3.63, 3.8) is 0 Å². The Morgan fingerprint density at radius 3 is 2.79 bits per heavy atom. The van der Waals surface area contributed by atoms with Crippen LogP contribution in [0.15, 0.2) is 24.4 Å². The SMILES string of the molecule is N#Cc1ccc2ncc3nc([C@H]4C[C@@H](F)C4)n(C4CCOCC4(F)F)c3c2c1. The van der Waals surface area contributed by atoms with Gasteiger partial charge in [-0.15, -0.1) is 0 Å². The Kier molecular flexibility index (Phi) is 3.85. The topological polar surface area (TPSA) is 63.7 Å². The number of rotatable bonds is 2. The largest absolute Gasteiger partial charge is 0.375 e. The molecule has 0 N–H and O–H groups in total. The first-order valence-electron chi connectivity index (χ1n) is 9.28. The maximum atomic E-state index is 14.8. The van der Waals surface area contributed by atoms with E-state index in [1.54, 1.807) is 29.0 Å².